The SMILES string of the molecule is C=CCCc1cc(CCCC)cc(CCCC)c1. The molecule has 0 aliphatic heterocycles. The molecule has 0 heteroatoms. The van der Waals surface area contributed by atoms with Gasteiger partial charge in [0.25, 0.3) is 0 Å². The summed E-state index contributed by atoms with van der Waals surface area (Å²) in [5.41, 5.74) is 4.56. The average Bonchev–Trinajstić information content (AvgIpc) is 2.40. The number of hydrogen-bond donors (Lipinski definition) is 0. The van der Waals surface area contributed by atoms with Crippen molar-refractivity contribution >= 4 is 0 Å². The zero-order chi connectivity index (χ0) is 13.2. The molecule has 1 aromatic carbocycles. The van der Waals surface area contributed by atoms with Gasteiger partial charge in [-0.05, 0) is 55.2 Å². The number of unbranched alkanes of at least 4 members (excludes halogenated alkanes) is 2. The highest BCUT2D eigenvalue weighted by Crippen LogP contribution is 2.16. The van der Waals surface area contributed by atoms with Crippen molar-refractivity contribution < 1.29 is 0 Å². The molecule has 0 radical (unpaired) electrons. The fourth-order valence-corrected chi connectivity index (χ4v) is 2.30. The van der Waals surface area contributed by atoms with Crippen LogP contribution in [0.4, 0.5) is 0 Å². The van der Waals surface area contributed by atoms with E-state index in [2.05, 4.69) is 38.6 Å². The van der Waals surface area contributed by atoms with E-state index in [1.54, 1.807) is 0 Å². The predicted molar refractivity (Wildman–Crippen MR) is 82.2 cm³/mol. The Morgan fingerprint density at radius 3 is 1.67 bits per heavy atom. The molecule has 1 rings (SSSR count). The van der Waals surface area contributed by atoms with E-state index in [1.165, 1.54) is 55.2 Å². The molecule has 0 N–H and O–H groups in total. The Morgan fingerprint density at radius 2 is 1.28 bits per heavy atom. The molecule has 0 saturated heterocycles. The van der Waals surface area contributed by atoms with Crippen LogP contribution >= 0.6 is 0 Å². The summed E-state index contributed by atoms with van der Waals surface area (Å²) >= 11 is 0. The maximum Gasteiger partial charge on any atom is -0.0244 e. The molecule has 0 heterocycles. The van der Waals surface area contributed by atoms with Crippen molar-refractivity contribution in [3.63, 3.8) is 0 Å². The lowest BCUT2D eigenvalue weighted by molar-refractivity contribution is 0.777. The van der Waals surface area contributed by atoms with E-state index in [9.17, 15) is 0 Å². The fraction of sp³-hybridized carbons (Fsp3) is 0.556. The van der Waals surface area contributed by atoms with E-state index < -0.39 is 0 Å². The first-order valence-electron chi connectivity index (χ1n) is 7.52. The number of benzene rings is 1. The summed E-state index contributed by atoms with van der Waals surface area (Å²) in [4.78, 5) is 0. The molecule has 0 amide bonds. The number of allylic oxidation sites excluding steroid dienone is 1. The van der Waals surface area contributed by atoms with Gasteiger partial charge in [0, 0.05) is 0 Å². The van der Waals surface area contributed by atoms with Crippen LogP contribution in [-0.4, -0.2) is 0 Å². The summed E-state index contributed by atoms with van der Waals surface area (Å²) in [5, 5.41) is 0. The fourth-order valence-electron chi connectivity index (χ4n) is 2.30. The van der Waals surface area contributed by atoms with Crippen molar-refractivity contribution in [2.75, 3.05) is 0 Å². The van der Waals surface area contributed by atoms with E-state index >= 15 is 0 Å². The van der Waals surface area contributed by atoms with Crippen LogP contribution in [0.1, 0.15) is 62.6 Å². The van der Waals surface area contributed by atoms with Crippen LogP contribution in [0.15, 0.2) is 30.9 Å². The number of rotatable bonds is 9. The summed E-state index contributed by atoms with van der Waals surface area (Å²) in [6, 6.07) is 7.21. The standard InChI is InChI=1S/C18H28/c1-4-7-10-16-13-17(11-8-5-2)15-18(14-16)12-9-6-3/h4,13-15H,1,5-12H2,2-3H3. The Kier molecular flexibility index (Phi) is 7.48. The second-order valence-electron chi connectivity index (χ2n) is 5.19. The lowest BCUT2D eigenvalue weighted by Gasteiger charge is -2.09. The molecule has 0 aromatic heterocycles. The second kappa shape index (κ2) is 8.97. The van der Waals surface area contributed by atoms with Gasteiger partial charge in [-0.1, -0.05) is 51.0 Å². The van der Waals surface area contributed by atoms with Crippen LogP contribution in [0.25, 0.3) is 0 Å². The third-order valence-electron chi connectivity index (χ3n) is 3.39. The zero-order valence-electron chi connectivity index (χ0n) is 12.2. The van der Waals surface area contributed by atoms with Crippen LogP contribution in [0.5, 0.6) is 0 Å². The van der Waals surface area contributed by atoms with E-state index in [0.717, 1.165) is 12.8 Å². The molecule has 1 aromatic rings. The molecule has 18 heavy (non-hydrogen) atoms. The van der Waals surface area contributed by atoms with Gasteiger partial charge in [-0.3, -0.25) is 0 Å². The van der Waals surface area contributed by atoms with Crippen LogP contribution in [0, 0.1) is 0 Å². The highest BCUT2D eigenvalue weighted by molar-refractivity contribution is 5.31. The average molecular weight is 244 g/mol. The minimum Gasteiger partial charge on any atom is -0.103 e. The third-order valence-corrected chi connectivity index (χ3v) is 3.39. The Labute approximate surface area is 113 Å². The first-order valence-corrected chi connectivity index (χ1v) is 7.52. The number of hydrogen-bond acceptors (Lipinski definition) is 0. The highest BCUT2D eigenvalue weighted by Gasteiger charge is 2.01. The summed E-state index contributed by atoms with van der Waals surface area (Å²) in [6.45, 7) is 8.35. The summed E-state index contributed by atoms with van der Waals surface area (Å²) in [6.07, 6.45) is 11.9. The van der Waals surface area contributed by atoms with Crippen molar-refractivity contribution in [1.29, 1.82) is 0 Å². The normalized spacial score (nSPS) is 10.6. The maximum atomic E-state index is 3.82. The van der Waals surface area contributed by atoms with Crippen molar-refractivity contribution in [3.8, 4) is 0 Å². The van der Waals surface area contributed by atoms with Crippen molar-refractivity contribution in [1.82, 2.24) is 0 Å². The van der Waals surface area contributed by atoms with Gasteiger partial charge in [0.2, 0.25) is 0 Å². The quantitative estimate of drug-likeness (QED) is 0.504. The molecule has 0 unspecified atom stereocenters. The Hall–Kier alpha value is -1.04. The van der Waals surface area contributed by atoms with Crippen molar-refractivity contribution in [2.45, 2.75) is 65.2 Å². The molecule has 0 bridgehead atoms. The van der Waals surface area contributed by atoms with E-state index in [1.807, 2.05) is 6.08 Å². The summed E-state index contributed by atoms with van der Waals surface area (Å²) in [5.74, 6) is 0. The van der Waals surface area contributed by atoms with Crippen molar-refractivity contribution in [2.24, 2.45) is 0 Å². The van der Waals surface area contributed by atoms with Crippen LogP contribution in [0.2, 0.25) is 0 Å². The zero-order valence-corrected chi connectivity index (χ0v) is 12.2. The molecule has 0 aliphatic rings. The van der Waals surface area contributed by atoms with Crippen molar-refractivity contribution in [3.05, 3.63) is 47.5 Å². The van der Waals surface area contributed by atoms with Gasteiger partial charge >= 0.3 is 0 Å². The van der Waals surface area contributed by atoms with Gasteiger partial charge in [0.05, 0.1) is 0 Å². The minimum absolute atomic E-state index is 1.09. The van der Waals surface area contributed by atoms with Gasteiger partial charge in [-0.2, -0.15) is 0 Å². The maximum absolute atomic E-state index is 3.82. The molecule has 100 valence electrons. The van der Waals surface area contributed by atoms with Crippen LogP contribution < -0.4 is 0 Å². The van der Waals surface area contributed by atoms with Gasteiger partial charge < -0.3 is 0 Å². The first-order chi connectivity index (χ1) is 8.80. The second-order valence-corrected chi connectivity index (χ2v) is 5.19. The summed E-state index contributed by atoms with van der Waals surface area (Å²) in [7, 11) is 0. The van der Waals surface area contributed by atoms with Gasteiger partial charge in [-0.15, -0.1) is 6.58 Å². The molecule has 0 spiro atoms. The lowest BCUT2D eigenvalue weighted by Crippen LogP contribution is -1.95. The summed E-state index contributed by atoms with van der Waals surface area (Å²) < 4.78 is 0. The largest absolute Gasteiger partial charge is 0.103 e. The first kappa shape index (κ1) is 15.0. The van der Waals surface area contributed by atoms with E-state index in [-0.39, 0.29) is 0 Å². The Morgan fingerprint density at radius 1 is 0.833 bits per heavy atom. The molecule has 0 aliphatic carbocycles. The van der Waals surface area contributed by atoms with Crippen LogP contribution in [0.3, 0.4) is 0 Å². The Balaban J connectivity index is 2.77. The van der Waals surface area contributed by atoms with E-state index in [4.69, 9.17) is 0 Å². The molecular weight excluding hydrogens is 216 g/mol. The minimum atomic E-state index is 1.09. The molecule has 0 fully saturated rings. The lowest BCUT2D eigenvalue weighted by atomic mass is 9.97. The van der Waals surface area contributed by atoms with Crippen LogP contribution in [-0.2, 0) is 19.3 Å². The van der Waals surface area contributed by atoms with Gasteiger partial charge in [0.1, 0.15) is 0 Å². The van der Waals surface area contributed by atoms with E-state index in [0.29, 0.717) is 0 Å². The smallest absolute Gasteiger partial charge is 0.0244 e. The third kappa shape index (κ3) is 5.53. The monoisotopic (exact) mass is 244 g/mol. The Bertz CT molecular complexity index is 323. The molecule has 0 atom stereocenters. The molecule has 0 nitrogen and oxygen atoms in total. The molecular formula is C18H28. The predicted octanol–water partition coefficient (Wildman–Crippen LogP) is 5.49. The van der Waals surface area contributed by atoms with Gasteiger partial charge in [0.15, 0.2) is 0 Å². The van der Waals surface area contributed by atoms with Gasteiger partial charge in [-0.25, -0.2) is 0 Å². The topological polar surface area (TPSA) is 0 Å². The number of aryl methyl sites for hydroxylation is 3. The molecule has 0 saturated carbocycles. The highest BCUT2D eigenvalue weighted by atomic mass is 14.1.